The van der Waals surface area contributed by atoms with Crippen molar-refractivity contribution >= 4 is 12.0 Å². The van der Waals surface area contributed by atoms with Crippen LogP contribution < -0.4 is 5.73 Å². The first-order valence-corrected chi connectivity index (χ1v) is 7.48. The number of hydrogen-bond acceptors (Lipinski definition) is 3. The third-order valence-corrected chi connectivity index (χ3v) is 4.13. The fourth-order valence-electron chi connectivity index (χ4n) is 3.06. The van der Waals surface area contributed by atoms with Gasteiger partial charge in [-0.3, -0.25) is 4.79 Å². The second-order valence-corrected chi connectivity index (χ2v) is 5.32. The highest BCUT2D eigenvalue weighted by Gasteiger charge is 2.30. The Bertz CT molecular complexity index is 439. The summed E-state index contributed by atoms with van der Waals surface area (Å²) in [6.07, 6.45) is 9.55. The van der Waals surface area contributed by atoms with E-state index in [9.17, 15) is 4.79 Å². The van der Waals surface area contributed by atoms with E-state index in [1.807, 2.05) is 24.0 Å². The maximum atomic E-state index is 12.4. The fraction of sp³-hybridized carbons (Fsp3) is 0.562. The van der Waals surface area contributed by atoms with Gasteiger partial charge >= 0.3 is 0 Å². The van der Waals surface area contributed by atoms with Crippen LogP contribution in [0.3, 0.4) is 0 Å². The van der Waals surface area contributed by atoms with Crippen LogP contribution in [0.15, 0.2) is 28.9 Å². The summed E-state index contributed by atoms with van der Waals surface area (Å²) in [7, 11) is 0. The molecule has 4 nitrogen and oxygen atoms in total. The fourth-order valence-corrected chi connectivity index (χ4v) is 3.06. The number of amides is 1. The Morgan fingerprint density at radius 1 is 1.50 bits per heavy atom. The molecule has 1 aliphatic carbocycles. The molecule has 2 unspecified atom stereocenters. The van der Waals surface area contributed by atoms with Crippen LogP contribution in [0.4, 0.5) is 0 Å². The Labute approximate surface area is 120 Å². The number of furan rings is 1. The maximum absolute atomic E-state index is 12.4. The summed E-state index contributed by atoms with van der Waals surface area (Å²) in [4.78, 5) is 14.3. The zero-order valence-electron chi connectivity index (χ0n) is 12.1. The van der Waals surface area contributed by atoms with Crippen molar-refractivity contribution in [2.45, 2.75) is 38.6 Å². The Kier molecular flexibility index (Phi) is 5.41. The molecule has 2 atom stereocenters. The summed E-state index contributed by atoms with van der Waals surface area (Å²) in [5.74, 6) is 1.19. The molecule has 1 saturated carbocycles. The molecule has 20 heavy (non-hydrogen) atoms. The van der Waals surface area contributed by atoms with E-state index in [-0.39, 0.29) is 11.9 Å². The predicted octanol–water partition coefficient (Wildman–Crippen LogP) is 2.66. The maximum Gasteiger partial charge on any atom is 0.246 e. The average molecular weight is 276 g/mol. The van der Waals surface area contributed by atoms with E-state index in [1.165, 1.54) is 12.8 Å². The van der Waals surface area contributed by atoms with E-state index in [2.05, 4.69) is 0 Å². The molecule has 1 aliphatic rings. The number of carbonyl (C=O) groups excluding carboxylic acids is 1. The molecule has 2 rings (SSSR count). The van der Waals surface area contributed by atoms with Gasteiger partial charge in [0.15, 0.2) is 0 Å². The molecule has 0 aliphatic heterocycles. The van der Waals surface area contributed by atoms with Crippen LogP contribution in [-0.4, -0.2) is 29.9 Å². The summed E-state index contributed by atoms with van der Waals surface area (Å²) in [5, 5.41) is 0. The van der Waals surface area contributed by atoms with E-state index in [1.54, 1.807) is 18.4 Å². The normalized spacial score (nSPS) is 23.1. The molecule has 110 valence electrons. The van der Waals surface area contributed by atoms with Crippen LogP contribution in [0.5, 0.6) is 0 Å². The van der Waals surface area contributed by atoms with Crippen molar-refractivity contribution in [3.63, 3.8) is 0 Å². The first-order chi connectivity index (χ1) is 9.76. The number of likely N-dealkylation sites (N-methyl/N-ethyl adjacent to an activating group) is 1. The summed E-state index contributed by atoms with van der Waals surface area (Å²) in [5.41, 5.74) is 5.87. The van der Waals surface area contributed by atoms with Gasteiger partial charge in [-0.05, 0) is 50.4 Å². The molecule has 1 fully saturated rings. The van der Waals surface area contributed by atoms with Crippen molar-refractivity contribution in [1.29, 1.82) is 0 Å². The molecule has 0 saturated heterocycles. The van der Waals surface area contributed by atoms with E-state index in [0.717, 1.165) is 19.4 Å². The van der Waals surface area contributed by atoms with Crippen LogP contribution in [0.2, 0.25) is 0 Å². The smallest absolute Gasteiger partial charge is 0.246 e. The third kappa shape index (κ3) is 3.51. The van der Waals surface area contributed by atoms with Gasteiger partial charge < -0.3 is 15.1 Å². The molecule has 0 spiro atoms. The van der Waals surface area contributed by atoms with Gasteiger partial charge in [0.05, 0.1) is 6.26 Å². The average Bonchev–Trinajstić information content (AvgIpc) is 3.00. The molecule has 0 bridgehead atoms. The van der Waals surface area contributed by atoms with Crippen molar-refractivity contribution in [1.82, 2.24) is 4.90 Å². The Balaban J connectivity index is 2.04. The minimum Gasteiger partial charge on any atom is -0.465 e. The molecule has 2 N–H and O–H groups in total. The largest absolute Gasteiger partial charge is 0.465 e. The van der Waals surface area contributed by atoms with Crippen LogP contribution in [0, 0.1) is 5.92 Å². The zero-order valence-corrected chi connectivity index (χ0v) is 12.1. The van der Waals surface area contributed by atoms with Gasteiger partial charge in [-0.2, -0.15) is 0 Å². The third-order valence-electron chi connectivity index (χ3n) is 4.13. The highest BCUT2D eigenvalue weighted by Crippen LogP contribution is 2.28. The second-order valence-electron chi connectivity index (χ2n) is 5.32. The Hall–Kier alpha value is -1.55. The van der Waals surface area contributed by atoms with Gasteiger partial charge in [0.1, 0.15) is 5.76 Å². The summed E-state index contributed by atoms with van der Waals surface area (Å²) in [6.45, 7) is 3.42. The van der Waals surface area contributed by atoms with Gasteiger partial charge in [0, 0.05) is 18.7 Å². The number of hydrogen-bond donors (Lipinski definition) is 1. The minimum absolute atomic E-state index is 0.0502. The monoisotopic (exact) mass is 276 g/mol. The van der Waals surface area contributed by atoms with Gasteiger partial charge in [-0.1, -0.05) is 12.8 Å². The van der Waals surface area contributed by atoms with Crippen LogP contribution in [0.1, 0.15) is 38.4 Å². The second kappa shape index (κ2) is 7.29. The first-order valence-electron chi connectivity index (χ1n) is 7.48. The highest BCUT2D eigenvalue weighted by molar-refractivity contribution is 5.91. The zero-order chi connectivity index (χ0) is 14.4. The Morgan fingerprint density at radius 3 is 2.95 bits per heavy atom. The van der Waals surface area contributed by atoms with Crippen molar-refractivity contribution in [3.05, 3.63) is 30.2 Å². The lowest BCUT2D eigenvalue weighted by Crippen LogP contribution is -2.47. The van der Waals surface area contributed by atoms with Gasteiger partial charge in [-0.15, -0.1) is 0 Å². The van der Waals surface area contributed by atoms with E-state index < -0.39 is 0 Å². The highest BCUT2D eigenvalue weighted by atomic mass is 16.3. The van der Waals surface area contributed by atoms with Crippen LogP contribution >= 0.6 is 0 Å². The number of nitrogens with two attached hydrogens (primary N) is 1. The van der Waals surface area contributed by atoms with Gasteiger partial charge in [0.25, 0.3) is 0 Å². The van der Waals surface area contributed by atoms with Crippen molar-refractivity contribution in [3.8, 4) is 0 Å². The summed E-state index contributed by atoms with van der Waals surface area (Å²) in [6, 6.07) is 3.93. The standard InChI is InChI=1S/C16H24N2O2/c1-2-18(15-8-4-3-6-13(15)12-17)16(19)10-9-14-7-5-11-20-14/h5,7,9-11,13,15H,2-4,6,8,12,17H2,1H3. The SMILES string of the molecule is CCN(C(=O)C=Cc1ccco1)C1CCCCC1CN. The summed E-state index contributed by atoms with van der Waals surface area (Å²) >= 11 is 0. The molecule has 0 radical (unpaired) electrons. The van der Waals surface area contributed by atoms with Crippen molar-refractivity contribution < 1.29 is 9.21 Å². The predicted molar refractivity (Wildman–Crippen MR) is 79.9 cm³/mol. The molecule has 1 aromatic rings. The molecule has 0 aromatic carbocycles. The topological polar surface area (TPSA) is 59.5 Å². The molecule has 4 heteroatoms. The number of carbonyl (C=O) groups is 1. The van der Waals surface area contributed by atoms with Crippen LogP contribution in [-0.2, 0) is 4.79 Å². The molecule has 1 heterocycles. The Morgan fingerprint density at radius 2 is 2.30 bits per heavy atom. The van der Waals surface area contributed by atoms with Crippen molar-refractivity contribution in [2.24, 2.45) is 11.7 Å². The quantitative estimate of drug-likeness (QED) is 0.841. The van der Waals surface area contributed by atoms with E-state index in [0.29, 0.717) is 18.2 Å². The molecule has 1 aromatic heterocycles. The van der Waals surface area contributed by atoms with Crippen LogP contribution in [0.25, 0.3) is 6.08 Å². The lowest BCUT2D eigenvalue weighted by molar-refractivity contribution is -0.129. The minimum atomic E-state index is 0.0502. The molecule has 1 amide bonds. The molecular formula is C16H24N2O2. The first kappa shape index (κ1) is 14.9. The number of nitrogens with zero attached hydrogens (tertiary/aromatic N) is 1. The summed E-state index contributed by atoms with van der Waals surface area (Å²) < 4.78 is 5.21. The van der Waals surface area contributed by atoms with Crippen molar-refractivity contribution in [2.75, 3.05) is 13.1 Å². The lowest BCUT2D eigenvalue weighted by atomic mass is 9.83. The molecular weight excluding hydrogens is 252 g/mol. The van der Waals surface area contributed by atoms with E-state index in [4.69, 9.17) is 10.2 Å². The number of rotatable bonds is 5. The lowest BCUT2D eigenvalue weighted by Gasteiger charge is -2.38. The van der Waals surface area contributed by atoms with Gasteiger partial charge in [-0.25, -0.2) is 0 Å². The van der Waals surface area contributed by atoms with E-state index >= 15 is 0 Å². The van der Waals surface area contributed by atoms with Gasteiger partial charge in [0.2, 0.25) is 5.91 Å².